The van der Waals surface area contributed by atoms with E-state index in [9.17, 15) is 4.79 Å². The van der Waals surface area contributed by atoms with E-state index >= 15 is 0 Å². The Kier molecular flexibility index (Phi) is 3.52. The highest BCUT2D eigenvalue weighted by molar-refractivity contribution is 7.15. The Balaban J connectivity index is 2.46. The molecule has 0 radical (unpaired) electrons. The van der Waals surface area contributed by atoms with E-state index in [-0.39, 0.29) is 11.7 Å². The predicted octanol–water partition coefficient (Wildman–Crippen LogP) is 3.79. The second-order valence-corrected chi connectivity index (χ2v) is 5.48. The Labute approximate surface area is 109 Å². The highest BCUT2D eigenvalue weighted by Crippen LogP contribution is 2.31. The van der Waals surface area contributed by atoms with Crippen molar-refractivity contribution in [2.24, 2.45) is 0 Å². The third-order valence-corrected chi connectivity index (χ3v) is 3.83. The lowest BCUT2D eigenvalue weighted by Crippen LogP contribution is -2.01. The summed E-state index contributed by atoms with van der Waals surface area (Å²) >= 11 is 1.58. The monoisotopic (exact) mass is 265 g/mol. The second kappa shape index (κ2) is 4.94. The molecule has 0 atom stereocenters. The molecule has 1 N–H and O–H groups in total. The fourth-order valence-electron chi connectivity index (χ4n) is 1.66. The summed E-state index contributed by atoms with van der Waals surface area (Å²) in [6, 6.07) is 3.94. The Morgan fingerprint density at radius 1 is 1.50 bits per heavy atom. The summed E-state index contributed by atoms with van der Waals surface area (Å²) in [5.74, 6) is -0.684. The molecule has 0 amide bonds. The van der Waals surface area contributed by atoms with Gasteiger partial charge in [0.15, 0.2) is 0 Å². The van der Waals surface area contributed by atoms with Crippen molar-refractivity contribution < 1.29 is 14.3 Å². The number of hydrogen-bond acceptors (Lipinski definition) is 4. The van der Waals surface area contributed by atoms with Crippen LogP contribution in [0.15, 0.2) is 16.5 Å². The lowest BCUT2D eigenvalue weighted by Gasteiger charge is -1.98. The number of carbonyl (C=O) groups is 1. The van der Waals surface area contributed by atoms with Crippen LogP contribution in [0.25, 0.3) is 10.8 Å². The van der Waals surface area contributed by atoms with Crippen molar-refractivity contribution in [1.29, 1.82) is 0 Å². The molecule has 0 bridgehead atoms. The Morgan fingerprint density at radius 3 is 2.67 bits per heavy atom. The summed E-state index contributed by atoms with van der Waals surface area (Å²) in [6.07, 6.45) is 0.953. The lowest BCUT2D eigenvalue weighted by molar-refractivity contribution is 0.0661. The van der Waals surface area contributed by atoms with Crippen LogP contribution in [-0.4, -0.2) is 16.1 Å². The molecule has 18 heavy (non-hydrogen) atoms. The summed E-state index contributed by atoms with van der Waals surface area (Å²) in [6.45, 7) is 5.88. The number of aromatic nitrogens is 1. The van der Waals surface area contributed by atoms with E-state index < -0.39 is 5.97 Å². The van der Waals surface area contributed by atoms with Crippen LogP contribution in [0.3, 0.4) is 0 Å². The van der Waals surface area contributed by atoms with Crippen molar-refractivity contribution in [3.05, 3.63) is 28.5 Å². The van der Waals surface area contributed by atoms with Gasteiger partial charge in [-0.1, -0.05) is 20.8 Å². The third-order valence-electron chi connectivity index (χ3n) is 2.62. The van der Waals surface area contributed by atoms with E-state index in [2.05, 4.69) is 11.9 Å². The number of thiophene rings is 1. The summed E-state index contributed by atoms with van der Waals surface area (Å²) in [5, 5.41) is 9.10. The molecule has 0 aliphatic carbocycles. The smallest absolute Gasteiger partial charge is 0.373 e. The number of carboxylic acids is 1. The summed E-state index contributed by atoms with van der Waals surface area (Å²) in [4.78, 5) is 17.5. The minimum Gasteiger partial charge on any atom is -0.475 e. The van der Waals surface area contributed by atoms with Crippen LogP contribution in [-0.2, 0) is 6.42 Å². The minimum absolute atomic E-state index is 0.0270. The molecule has 0 saturated heterocycles. The standard InChI is InChI=1S/C13H15NO3S/c1-4-8-5-6-9(18-8)12-14-10(7(2)3)11(17-12)13(15)16/h5-7H,4H2,1-3H3,(H,15,16). The maximum absolute atomic E-state index is 11.1. The molecule has 0 aliphatic rings. The van der Waals surface area contributed by atoms with Crippen LogP contribution in [0.1, 0.15) is 47.8 Å². The van der Waals surface area contributed by atoms with Gasteiger partial charge in [-0.15, -0.1) is 11.3 Å². The Bertz CT molecular complexity index is 569. The first-order valence-corrected chi connectivity index (χ1v) is 6.67. The van der Waals surface area contributed by atoms with Gasteiger partial charge in [0, 0.05) is 4.88 Å². The topological polar surface area (TPSA) is 63.3 Å². The molecule has 0 saturated carbocycles. The summed E-state index contributed by atoms with van der Waals surface area (Å²) in [5.41, 5.74) is 0.504. The van der Waals surface area contributed by atoms with Gasteiger partial charge < -0.3 is 9.52 Å². The van der Waals surface area contributed by atoms with Crippen LogP contribution < -0.4 is 0 Å². The first-order valence-electron chi connectivity index (χ1n) is 5.86. The zero-order valence-corrected chi connectivity index (χ0v) is 11.4. The predicted molar refractivity (Wildman–Crippen MR) is 70.2 cm³/mol. The van der Waals surface area contributed by atoms with Gasteiger partial charge in [0.25, 0.3) is 0 Å². The molecule has 0 aromatic carbocycles. The molecule has 0 fully saturated rings. The molecule has 5 heteroatoms. The maximum atomic E-state index is 11.1. The van der Waals surface area contributed by atoms with Crippen molar-refractivity contribution in [3.8, 4) is 10.8 Å². The molecule has 0 spiro atoms. The highest BCUT2D eigenvalue weighted by atomic mass is 32.1. The van der Waals surface area contributed by atoms with Gasteiger partial charge in [-0.2, -0.15) is 0 Å². The number of rotatable bonds is 4. The summed E-state index contributed by atoms with van der Waals surface area (Å²) in [7, 11) is 0. The third kappa shape index (κ3) is 2.31. The van der Waals surface area contributed by atoms with Gasteiger partial charge in [-0.25, -0.2) is 9.78 Å². The molecule has 0 aliphatic heterocycles. The van der Waals surface area contributed by atoms with E-state index in [1.54, 1.807) is 11.3 Å². The molecule has 0 unspecified atom stereocenters. The average Bonchev–Trinajstić information content (AvgIpc) is 2.95. The van der Waals surface area contributed by atoms with Crippen LogP contribution in [0.2, 0.25) is 0 Å². The lowest BCUT2D eigenvalue weighted by atomic mass is 10.1. The zero-order valence-electron chi connectivity index (χ0n) is 10.6. The summed E-state index contributed by atoms with van der Waals surface area (Å²) < 4.78 is 5.38. The van der Waals surface area contributed by atoms with Crippen LogP contribution >= 0.6 is 11.3 Å². The molecular formula is C13H15NO3S. The van der Waals surface area contributed by atoms with Crippen LogP contribution in [0, 0.1) is 0 Å². The average molecular weight is 265 g/mol. The van der Waals surface area contributed by atoms with E-state index in [0.29, 0.717) is 11.6 Å². The fraction of sp³-hybridized carbons (Fsp3) is 0.385. The normalized spacial score (nSPS) is 11.1. The molecular weight excluding hydrogens is 250 g/mol. The number of oxazole rings is 1. The van der Waals surface area contributed by atoms with Crippen molar-refractivity contribution in [3.63, 3.8) is 0 Å². The van der Waals surface area contributed by atoms with Crippen molar-refractivity contribution in [2.75, 3.05) is 0 Å². The van der Waals surface area contributed by atoms with E-state index in [4.69, 9.17) is 9.52 Å². The van der Waals surface area contributed by atoms with Crippen LogP contribution in [0.5, 0.6) is 0 Å². The number of aryl methyl sites for hydroxylation is 1. The van der Waals surface area contributed by atoms with E-state index in [1.807, 2.05) is 26.0 Å². The number of hydrogen-bond donors (Lipinski definition) is 1. The van der Waals surface area contributed by atoms with Gasteiger partial charge in [0.2, 0.25) is 11.7 Å². The van der Waals surface area contributed by atoms with E-state index in [0.717, 1.165) is 11.3 Å². The first kappa shape index (κ1) is 12.8. The first-order chi connectivity index (χ1) is 8.52. The molecule has 2 aromatic rings. The number of carboxylic acid groups (broad SMARTS) is 1. The van der Waals surface area contributed by atoms with Gasteiger partial charge in [0.1, 0.15) is 0 Å². The van der Waals surface area contributed by atoms with Crippen molar-refractivity contribution >= 4 is 17.3 Å². The van der Waals surface area contributed by atoms with Crippen LogP contribution in [0.4, 0.5) is 0 Å². The molecule has 2 rings (SSSR count). The Hall–Kier alpha value is -1.62. The molecule has 2 aromatic heterocycles. The maximum Gasteiger partial charge on any atom is 0.373 e. The largest absolute Gasteiger partial charge is 0.475 e. The minimum atomic E-state index is -1.07. The highest BCUT2D eigenvalue weighted by Gasteiger charge is 2.22. The second-order valence-electron chi connectivity index (χ2n) is 4.31. The quantitative estimate of drug-likeness (QED) is 0.913. The van der Waals surface area contributed by atoms with Crippen molar-refractivity contribution in [2.45, 2.75) is 33.1 Å². The molecule has 2 heterocycles. The van der Waals surface area contributed by atoms with Gasteiger partial charge in [-0.3, -0.25) is 0 Å². The fourth-order valence-corrected chi connectivity index (χ4v) is 2.54. The van der Waals surface area contributed by atoms with Gasteiger partial charge in [-0.05, 0) is 24.5 Å². The van der Waals surface area contributed by atoms with Crippen molar-refractivity contribution in [1.82, 2.24) is 4.98 Å². The van der Waals surface area contributed by atoms with E-state index in [1.165, 1.54) is 4.88 Å². The molecule has 4 nitrogen and oxygen atoms in total. The zero-order chi connectivity index (χ0) is 13.3. The van der Waals surface area contributed by atoms with Gasteiger partial charge in [0.05, 0.1) is 10.6 Å². The number of aromatic carboxylic acids is 1. The molecule has 96 valence electrons. The SMILES string of the molecule is CCc1ccc(-c2nc(C(C)C)c(C(=O)O)o2)s1. The Morgan fingerprint density at radius 2 is 2.22 bits per heavy atom. The van der Waals surface area contributed by atoms with Gasteiger partial charge >= 0.3 is 5.97 Å². The number of nitrogens with zero attached hydrogens (tertiary/aromatic N) is 1.